The molecule has 3 nitrogen and oxygen atoms in total. The third kappa shape index (κ3) is 0.912. The molecule has 3 aliphatic rings. The molecule has 0 heterocycles. The molecule has 0 aliphatic heterocycles. The van der Waals surface area contributed by atoms with Gasteiger partial charge in [-0.15, -0.1) is 0 Å². The topological polar surface area (TPSA) is 60.2 Å². The lowest BCUT2D eigenvalue weighted by molar-refractivity contribution is -0.138. The van der Waals surface area contributed by atoms with E-state index < -0.39 is 11.3 Å². The smallest absolute Gasteiger partial charge is 0.230 e. The van der Waals surface area contributed by atoms with Crippen LogP contribution in [0.1, 0.15) is 19.8 Å². The van der Waals surface area contributed by atoms with Gasteiger partial charge in [0.25, 0.3) is 0 Å². The highest BCUT2D eigenvalue weighted by Gasteiger charge is 2.61. The summed E-state index contributed by atoms with van der Waals surface area (Å²) in [6.45, 7) is 1.72. The third-order valence-electron chi connectivity index (χ3n) is 4.66. The lowest BCUT2D eigenvalue weighted by Gasteiger charge is -2.19. The Labute approximate surface area is 88.7 Å². The first-order valence-corrected chi connectivity index (χ1v) is 5.56. The second kappa shape index (κ2) is 2.52. The van der Waals surface area contributed by atoms with Crippen LogP contribution in [0.15, 0.2) is 12.2 Å². The van der Waals surface area contributed by atoms with Gasteiger partial charge < -0.3 is 5.73 Å². The molecule has 3 heteroatoms. The fourth-order valence-corrected chi connectivity index (χ4v) is 3.75. The van der Waals surface area contributed by atoms with Crippen molar-refractivity contribution in [1.29, 1.82) is 0 Å². The molecule has 5 atom stereocenters. The van der Waals surface area contributed by atoms with Gasteiger partial charge in [-0.05, 0) is 37.5 Å². The van der Waals surface area contributed by atoms with Crippen molar-refractivity contribution < 1.29 is 9.59 Å². The molecule has 2 saturated carbocycles. The molecule has 1 amide bonds. The van der Waals surface area contributed by atoms with Crippen LogP contribution >= 0.6 is 0 Å². The van der Waals surface area contributed by atoms with E-state index >= 15 is 0 Å². The summed E-state index contributed by atoms with van der Waals surface area (Å²) in [5.41, 5.74) is 4.47. The van der Waals surface area contributed by atoms with Gasteiger partial charge in [0.2, 0.25) is 5.91 Å². The number of hydrogen-bond acceptors (Lipinski definition) is 2. The molecule has 0 unspecified atom stereocenters. The highest BCUT2D eigenvalue weighted by atomic mass is 16.2. The zero-order valence-corrected chi connectivity index (χ0v) is 8.77. The lowest BCUT2D eigenvalue weighted by Crippen LogP contribution is -2.40. The molecule has 0 aromatic carbocycles. The largest absolute Gasteiger partial charge is 0.369 e. The molecule has 0 radical (unpaired) electrons. The van der Waals surface area contributed by atoms with E-state index in [9.17, 15) is 9.59 Å². The van der Waals surface area contributed by atoms with Gasteiger partial charge in [-0.1, -0.05) is 12.2 Å². The van der Waals surface area contributed by atoms with E-state index in [2.05, 4.69) is 12.2 Å². The number of fused-ring (bicyclic) bond motifs is 5. The van der Waals surface area contributed by atoms with Gasteiger partial charge in [-0.3, -0.25) is 9.59 Å². The van der Waals surface area contributed by atoms with E-state index in [4.69, 9.17) is 5.73 Å². The van der Waals surface area contributed by atoms with Gasteiger partial charge in [0.05, 0.1) is 0 Å². The van der Waals surface area contributed by atoms with Crippen LogP contribution in [0, 0.1) is 29.1 Å². The first-order chi connectivity index (χ1) is 7.04. The average molecular weight is 205 g/mol. The van der Waals surface area contributed by atoms with Gasteiger partial charge in [0.1, 0.15) is 5.41 Å². The van der Waals surface area contributed by atoms with Crippen molar-refractivity contribution in [2.45, 2.75) is 19.8 Å². The molecule has 2 fully saturated rings. The number of hydrogen-bond donors (Lipinski definition) is 1. The van der Waals surface area contributed by atoms with Crippen LogP contribution in [0.2, 0.25) is 0 Å². The van der Waals surface area contributed by atoms with Crippen molar-refractivity contribution in [3.8, 4) is 0 Å². The van der Waals surface area contributed by atoms with Crippen LogP contribution in [0.3, 0.4) is 0 Å². The van der Waals surface area contributed by atoms with Crippen molar-refractivity contribution in [2.24, 2.45) is 34.8 Å². The van der Waals surface area contributed by atoms with E-state index in [1.807, 2.05) is 0 Å². The number of carbonyl (C=O) groups excluding carboxylic acids is 2. The lowest BCUT2D eigenvalue weighted by atomic mass is 9.82. The fourth-order valence-electron chi connectivity index (χ4n) is 3.75. The number of amides is 1. The summed E-state index contributed by atoms with van der Waals surface area (Å²) in [5.74, 6) is 1.01. The standard InChI is InChI=1S/C12H15NO2/c1-12(11(13)15)5-8-6-2-3-7(4-6)9(8)10(12)14/h2-3,6-9H,4-5H2,1H3,(H2,13,15)/t6-,7+,8+,9+,12-/m1/s1. The summed E-state index contributed by atoms with van der Waals surface area (Å²) in [6, 6.07) is 0. The summed E-state index contributed by atoms with van der Waals surface area (Å²) < 4.78 is 0. The van der Waals surface area contributed by atoms with Gasteiger partial charge in [0.15, 0.2) is 5.78 Å². The monoisotopic (exact) mass is 205 g/mol. The Morgan fingerprint density at radius 2 is 2.13 bits per heavy atom. The molecule has 0 aromatic heterocycles. The molecule has 2 N–H and O–H groups in total. The Kier molecular flexibility index (Phi) is 1.53. The van der Waals surface area contributed by atoms with E-state index in [0.717, 1.165) is 6.42 Å². The second-order valence-corrected chi connectivity index (χ2v) is 5.40. The number of primary amides is 1. The SMILES string of the molecule is C[C@@]1(C(N)=O)C[C@@H]2[C@@H](C1=O)[C@H]1C=C[C@@H]2C1. The fraction of sp³-hybridized carbons (Fsp3) is 0.667. The minimum absolute atomic E-state index is 0.0810. The second-order valence-electron chi connectivity index (χ2n) is 5.40. The number of ketones is 1. The highest BCUT2D eigenvalue weighted by Crippen LogP contribution is 2.58. The minimum atomic E-state index is -0.891. The number of rotatable bonds is 1. The normalized spacial score (nSPS) is 51.1. The van der Waals surface area contributed by atoms with Gasteiger partial charge in [-0.2, -0.15) is 0 Å². The molecular formula is C12H15NO2. The quantitative estimate of drug-likeness (QED) is 0.510. The van der Waals surface area contributed by atoms with Crippen LogP contribution in [0.5, 0.6) is 0 Å². The van der Waals surface area contributed by atoms with E-state index in [0.29, 0.717) is 24.2 Å². The Morgan fingerprint density at radius 1 is 1.47 bits per heavy atom. The Bertz CT molecular complexity index is 387. The maximum absolute atomic E-state index is 12.2. The highest BCUT2D eigenvalue weighted by molar-refractivity contribution is 6.08. The Balaban J connectivity index is 2.00. The van der Waals surface area contributed by atoms with Crippen LogP contribution in [0.4, 0.5) is 0 Å². The Morgan fingerprint density at radius 3 is 2.73 bits per heavy atom. The number of nitrogens with two attached hydrogens (primary N) is 1. The van der Waals surface area contributed by atoms with E-state index in [-0.39, 0.29) is 11.7 Å². The summed E-state index contributed by atoms with van der Waals surface area (Å²) in [7, 11) is 0. The predicted octanol–water partition coefficient (Wildman–Crippen LogP) is 0.889. The number of allylic oxidation sites excluding steroid dienone is 2. The first kappa shape index (κ1) is 9.13. The van der Waals surface area contributed by atoms with E-state index in [1.54, 1.807) is 6.92 Å². The summed E-state index contributed by atoms with van der Waals surface area (Å²) in [5, 5.41) is 0. The maximum Gasteiger partial charge on any atom is 0.230 e. The molecule has 3 aliphatic carbocycles. The van der Waals surface area contributed by atoms with Crippen LogP contribution < -0.4 is 5.73 Å². The van der Waals surface area contributed by atoms with Gasteiger partial charge in [0, 0.05) is 5.92 Å². The molecule has 0 spiro atoms. The number of carbonyl (C=O) groups is 2. The predicted molar refractivity (Wildman–Crippen MR) is 54.6 cm³/mol. The molecule has 0 saturated heterocycles. The maximum atomic E-state index is 12.2. The van der Waals surface area contributed by atoms with Crippen molar-refractivity contribution >= 4 is 11.7 Å². The summed E-state index contributed by atoms with van der Waals surface area (Å²) in [4.78, 5) is 23.6. The zero-order valence-electron chi connectivity index (χ0n) is 8.77. The average Bonchev–Trinajstić information content (AvgIpc) is 2.80. The summed E-state index contributed by atoms with van der Waals surface area (Å²) >= 11 is 0. The van der Waals surface area contributed by atoms with Crippen molar-refractivity contribution in [2.75, 3.05) is 0 Å². The molecule has 80 valence electrons. The van der Waals surface area contributed by atoms with Crippen molar-refractivity contribution in [3.05, 3.63) is 12.2 Å². The third-order valence-corrected chi connectivity index (χ3v) is 4.66. The van der Waals surface area contributed by atoms with Crippen LogP contribution in [-0.4, -0.2) is 11.7 Å². The minimum Gasteiger partial charge on any atom is -0.369 e. The molecule has 2 bridgehead atoms. The molecular weight excluding hydrogens is 190 g/mol. The van der Waals surface area contributed by atoms with E-state index in [1.165, 1.54) is 0 Å². The van der Waals surface area contributed by atoms with Crippen molar-refractivity contribution in [1.82, 2.24) is 0 Å². The van der Waals surface area contributed by atoms with Crippen LogP contribution in [-0.2, 0) is 9.59 Å². The zero-order chi connectivity index (χ0) is 10.8. The van der Waals surface area contributed by atoms with Crippen molar-refractivity contribution in [3.63, 3.8) is 0 Å². The van der Waals surface area contributed by atoms with Gasteiger partial charge >= 0.3 is 0 Å². The molecule has 15 heavy (non-hydrogen) atoms. The van der Waals surface area contributed by atoms with Crippen LogP contribution in [0.25, 0.3) is 0 Å². The molecule has 3 rings (SSSR count). The molecule has 0 aromatic rings. The summed E-state index contributed by atoms with van der Waals surface area (Å²) in [6.07, 6.45) is 6.13. The Hall–Kier alpha value is -1.12. The first-order valence-electron chi connectivity index (χ1n) is 5.56. The number of Topliss-reactive ketones (excluding diaryl/α,β-unsaturated/α-hetero) is 1. The van der Waals surface area contributed by atoms with Gasteiger partial charge in [-0.25, -0.2) is 0 Å².